The van der Waals surface area contributed by atoms with E-state index in [1.807, 2.05) is 0 Å². The maximum absolute atomic E-state index is 13.1. The molecule has 0 aromatic rings. The molecule has 0 saturated carbocycles. The molecule has 0 aliphatic carbocycles. The van der Waals surface area contributed by atoms with Crippen LogP contribution in [-0.4, -0.2) is 96.7 Å². The van der Waals surface area contributed by atoms with Gasteiger partial charge >= 0.3 is 39.5 Å². The fraction of sp³-hybridized carbons (Fsp3) is 0.953. The molecule has 0 saturated heterocycles. The lowest BCUT2D eigenvalue weighted by atomic mass is 9.99. The average molecular weight is 1520 g/mol. The van der Waals surface area contributed by atoms with Gasteiger partial charge in [-0.15, -0.1) is 0 Å². The minimum Gasteiger partial charge on any atom is -0.462 e. The minimum absolute atomic E-state index is 0.104. The molecule has 5 unspecified atom stereocenters. The van der Waals surface area contributed by atoms with Crippen LogP contribution < -0.4 is 0 Å². The number of carbonyl (C=O) groups excluding carboxylic acids is 4. The van der Waals surface area contributed by atoms with Gasteiger partial charge in [-0.1, -0.05) is 389 Å². The van der Waals surface area contributed by atoms with Crippen LogP contribution in [0, 0.1) is 23.7 Å². The van der Waals surface area contributed by atoms with Crippen molar-refractivity contribution in [2.45, 2.75) is 459 Å². The molecule has 0 heterocycles. The fourth-order valence-corrected chi connectivity index (χ4v) is 14.6. The molecule has 0 radical (unpaired) electrons. The van der Waals surface area contributed by atoms with Crippen molar-refractivity contribution < 1.29 is 80.2 Å². The number of aliphatic hydroxyl groups is 1. The predicted octanol–water partition coefficient (Wildman–Crippen LogP) is 25.6. The summed E-state index contributed by atoms with van der Waals surface area (Å²) >= 11 is 0. The van der Waals surface area contributed by atoms with E-state index in [2.05, 4.69) is 55.4 Å². The number of esters is 4. The lowest BCUT2D eigenvalue weighted by Gasteiger charge is -2.21. The number of hydrogen-bond acceptors (Lipinski definition) is 15. The molecule has 0 fully saturated rings. The van der Waals surface area contributed by atoms with Gasteiger partial charge < -0.3 is 33.8 Å². The van der Waals surface area contributed by atoms with Gasteiger partial charge in [-0.05, 0) is 49.4 Å². The number of ether oxygens (including phenoxy) is 4. The molecule has 8 atom stereocenters. The van der Waals surface area contributed by atoms with Crippen molar-refractivity contribution in [3.05, 3.63) is 0 Å². The van der Waals surface area contributed by atoms with Crippen molar-refractivity contribution >= 4 is 39.5 Å². The molecule has 0 aliphatic rings. The van der Waals surface area contributed by atoms with Gasteiger partial charge in [-0.3, -0.25) is 37.3 Å². The summed E-state index contributed by atoms with van der Waals surface area (Å²) in [6.45, 7) is 14.3. The van der Waals surface area contributed by atoms with Gasteiger partial charge in [0.05, 0.1) is 26.4 Å². The van der Waals surface area contributed by atoms with Crippen molar-refractivity contribution in [1.82, 2.24) is 0 Å². The van der Waals surface area contributed by atoms with Gasteiger partial charge in [0, 0.05) is 25.7 Å². The van der Waals surface area contributed by atoms with E-state index >= 15 is 0 Å². The molecular weight excluding hydrogens is 1350 g/mol. The van der Waals surface area contributed by atoms with Crippen molar-refractivity contribution in [3.63, 3.8) is 0 Å². The molecule has 0 rings (SSSR count). The molecule has 0 amide bonds. The van der Waals surface area contributed by atoms with E-state index in [0.717, 1.165) is 114 Å². The quantitative estimate of drug-likeness (QED) is 0.0222. The first-order valence-corrected chi connectivity index (χ1v) is 46.8. The molecule has 0 aromatic heterocycles. The maximum Gasteiger partial charge on any atom is 0.472 e. The summed E-state index contributed by atoms with van der Waals surface area (Å²) in [5, 5.41) is 10.6. The lowest BCUT2D eigenvalue weighted by Crippen LogP contribution is -2.30. The molecule has 0 spiro atoms. The van der Waals surface area contributed by atoms with Crippen LogP contribution in [-0.2, 0) is 65.4 Å². The summed E-state index contributed by atoms with van der Waals surface area (Å²) in [6.07, 6.45) is 62.8. The molecular formula is C85H166O17P2. The number of phosphoric acid groups is 2. The van der Waals surface area contributed by atoms with Gasteiger partial charge in [0.2, 0.25) is 0 Å². The third-order valence-corrected chi connectivity index (χ3v) is 22.8. The molecule has 0 bridgehead atoms. The topological polar surface area (TPSA) is 237 Å². The Morgan fingerprint density at radius 3 is 0.683 bits per heavy atom. The first kappa shape index (κ1) is 102. The maximum atomic E-state index is 13.1. The molecule has 3 N–H and O–H groups in total. The highest BCUT2D eigenvalue weighted by Gasteiger charge is 2.31. The fourth-order valence-electron chi connectivity index (χ4n) is 13.0. The Kier molecular flexibility index (Phi) is 72.5. The van der Waals surface area contributed by atoms with E-state index in [-0.39, 0.29) is 25.7 Å². The zero-order valence-corrected chi connectivity index (χ0v) is 70.5. The van der Waals surface area contributed by atoms with Crippen LogP contribution in [0.5, 0.6) is 0 Å². The molecule has 104 heavy (non-hydrogen) atoms. The van der Waals surface area contributed by atoms with Crippen LogP contribution in [0.4, 0.5) is 0 Å². The highest BCUT2D eigenvalue weighted by atomic mass is 31.2. The van der Waals surface area contributed by atoms with E-state index in [4.69, 9.17) is 37.0 Å². The van der Waals surface area contributed by atoms with Gasteiger partial charge in [0.25, 0.3) is 0 Å². The Hall–Kier alpha value is -1.94. The van der Waals surface area contributed by atoms with E-state index < -0.39 is 97.5 Å². The van der Waals surface area contributed by atoms with E-state index in [9.17, 15) is 43.2 Å². The standard InChI is InChI=1S/C85H166O17P2/c1-9-76(6)62-54-46-38-32-28-24-20-16-12-14-18-22-26-30-34-40-49-57-65-82(87)95-71-80(102-85(90)68-60-52-42-36-37-45-53-61-75(4)5)73-99-103(91,92)97-69-79(86)70-98-104(93,94)100-74-81(72-96-83(88)66-58-50-44-43-48-56-64-78(8)11-3)101-84(89)67-59-51-41-35-31-27-23-19-15-13-17-21-25-29-33-39-47-55-63-77(7)10-2/h75-81,86H,9-74H2,1-8H3,(H,91,92)(H,93,94)/t76?,77?,78?,79-,80-,81-/m1/s1. The second-order valence-electron chi connectivity index (χ2n) is 31.8. The van der Waals surface area contributed by atoms with Crippen LogP contribution >= 0.6 is 15.6 Å². The van der Waals surface area contributed by atoms with Gasteiger partial charge in [0.1, 0.15) is 19.3 Å². The van der Waals surface area contributed by atoms with Gasteiger partial charge in [-0.2, -0.15) is 0 Å². The summed E-state index contributed by atoms with van der Waals surface area (Å²) in [6, 6.07) is 0. The van der Waals surface area contributed by atoms with Crippen LogP contribution in [0.15, 0.2) is 0 Å². The highest BCUT2D eigenvalue weighted by molar-refractivity contribution is 7.47. The van der Waals surface area contributed by atoms with Crippen LogP contribution in [0.3, 0.4) is 0 Å². The first-order valence-electron chi connectivity index (χ1n) is 43.8. The number of aliphatic hydroxyl groups excluding tert-OH is 1. The Bertz CT molecular complexity index is 2030. The van der Waals surface area contributed by atoms with E-state index in [0.29, 0.717) is 31.6 Å². The highest BCUT2D eigenvalue weighted by Crippen LogP contribution is 2.45. The van der Waals surface area contributed by atoms with Gasteiger partial charge in [0.15, 0.2) is 12.2 Å². The second kappa shape index (κ2) is 73.8. The second-order valence-corrected chi connectivity index (χ2v) is 34.7. The summed E-state index contributed by atoms with van der Waals surface area (Å²) < 4.78 is 68.7. The van der Waals surface area contributed by atoms with Crippen molar-refractivity contribution in [2.75, 3.05) is 39.6 Å². The predicted molar refractivity (Wildman–Crippen MR) is 428 cm³/mol. The number of rotatable bonds is 82. The first-order chi connectivity index (χ1) is 50.2. The van der Waals surface area contributed by atoms with Crippen LogP contribution in [0.2, 0.25) is 0 Å². The van der Waals surface area contributed by atoms with Crippen LogP contribution in [0.1, 0.15) is 441 Å². The smallest absolute Gasteiger partial charge is 0.462 e. The molecule has 618 valence electrons. The number of unbranched alkanes of at least 4 members (excludes halogenated alkanes) is 45. The lowest BCUT2D eigenvalue weighted by molar-refractivity contribution is -0.161. The number of carbonyl (C=O) groups is 4. The summed E-state index contributed by atoms with van der Waals surface area (Å²) in [5.41, 5.74) is 0. The number of hydrogen-bond donors (Lipinski definition) is 3. The van der Waals surface area contributed by atoms with Crippen molar-refractivity contribution in [2.24, 2.45) is 23.7 Å². The average Bonchev–Trinajstić information content (AvgIpc) is 0.913. The summed E-state index contributed by atoms with van der Waals surface area (Å²) in [5.74, 6) is 1.06. The van der Waals surface area contributed by atoms with Crippen molar-refractivity contribution in [1.29, 1.82) is 0 Å². The largest absolute Gasteiger partial charge is 0.472 e. The Balaban J connectivity index is 5.10. The third kappa shape index (κ3) is 74.2. The Labute approximate surface area is 638 Å². The third-order valence-electron chi connectivity index (χ3n) is 20.9. The van der Waals surface area contributed by atoms with E-state index in [1.54, 1.807) is 0 Å². The molecule has 17 nitrogen and oxygen atoms in total. The molecule has 0 aromatic carbocycles. The summed E-state index contributed by atoms with van der Waals surface area (Å²) in [4.78, 5) is 73.0. The number of phosphoric ester groups is 2. The molecule has 19 heteroatoms. The van der Waals surface area contributed by atoms with Gasteiger partial charge in [-0.25, -0.2) is 9.13 Å². The van der Waals surface area contributed by atoms with Crippen molar-refractivity contribution in [3.8, 4) is 0 Å². The Morgan fingerprint density at radius 2 is 0.462 bits per heavy atom. The minimum atomic E-state index is -4.96. The zero-order valence-electron chi connectivity index (χ0n) is 68.7. The zero-order chi connectivity index (χ0) is 76.7. The monoisotopic (exact) mass is 1520 g/mol. The van der Waals surface area contributed by atoms with E-state index in [1.165, 1.54) is 238 Å². The Morgan fingerprint density at radius 1 is 0.269 bits per heavy atom. The normalized spacial score (nSPS) is 14.7. The van der Waals surface area contributed by atoms with Crippen LogP contribution in [0.25, 0.3) is 0 Å². The SMILES string of the molecule is CCC(C)CCCCCCCCCCCCCCCCCCCCC(=O)OC[C@H](COP(=O)(O)OC[C@@H](O)COP(=O)(O)OC[C@@H](COC(=O)CCCCCCCCC(C)CC)OC(=O)CCCCCCCCCCCCCCCCCCCCC(C)CC)OC(=O)CCCCCCCCCC(C)C. The summed E-state index contributed by atoms with van der Waals surface area (Å²) in [7, 11) is -9.92. The molecule has 0 aliphatic heterocycles.